The maximum atomic E-state index is 4.74. The number of hydrogen-bond acceptors (Lipinski definition) is 5. The van der Waals surface area contributed by atoms with Gasteiger partial charge in [-0.15, -0.1) is 0 Å². The molecule has 6 heteroatoms. The topological polar surface area (TPSA) is 50.1 Å². The van der Waals surface area contributed by atoms with Crippen molar-refractivity contribution in [3.63, 3.8) is 0 Å². The van der Waals surface area contributed by atoms with Gasteiger partial charge in [-0.25, -0.2) is 9.97 Å². The standard InChI is InChI=1S/C23H24N6/c1-27-17-25-20-16-24-23(26-22(20)27)29-14-12-28(13-15-29)21(18-8-4-2-5-9-18)19-10-6-3-7-11-19/h2-11,16-17,21H,12-15H2,1H3. The maximum absolute atomic E-state index is 4.74. The molecule has 4 aromatic rings. The molecule has 29 heavy (non-hydrogen) atoms. The fraction of sp³-hybridized carbons (Fsp3) is 0.261. The van der Waals surface area contributed by atoms with E-state index in [1.54, 1.807) is 6.33 Å². The van der Waals surface area contributed by atoms with Gasteiger partial charge in [-0.3, -0.25) is 4.90 Å². The van der Waals surface area contributed by atoms with Crippen LogP contribution in [-0.2, 0) is 7.05 Å². The molecule has 0 radical (unpaired) electrons. The Kier molecular flexibility index (Phi) is 4.69. The van der Waals surface area contributed by atoms with Crippen molar-refractivity contribution in [2.45, 2.75) is 6.04 Å². The van der Waals surface area contributed by atoms with E-state index in [9.17, 15) is 0 Å². The van der Waals surface area contributed by atoms with E-state index < -0.39 is 0 Å². The number of benzene rings is 2. The van der Waals surface area contributed by atoms with E-state index >= 15 is 0 Å². The molecule has 2 aromatic carbocycles. The summed E-state index contributed by atoms with van der Waals surface area (Å²) in [6.45, 7) is 3.72. The predicted molar refractivity (Wildman–Crippen MR) is 115 cm³/mol. The molecule has 0 unspecified atom stereocenters. The number of piperazine rings is 1. The van der Waals surface area contributed by atoms with Crippen molar-refractivity contribution in [2.24, 2.45) is 7.05 Å². The predicted octanol–water partition coefficient (Wildman–Crippen LogP) is 3.27. The molecule has 0 spiro atoms. The van der Waals surface area contributed by atoms with Crippen LogP contribution in [0.1, 0.15) is 17.2 Å². The molecule has 0 amide bonds. The summed E-state index contributed by atoms with van der Waals surface area (Å²) in [7, 11) is 1.97. The summed E-state index contributed by atoms with van der Waals surface area (Å²) in [5, 5.41) is 0. The van der Waals surface area contributed by atoms with E-state index in [4.69, 9.17) is 4.98 Å². The number of imidazole rings is 1. The van der Waals surface area contributed by atoms with Gasteiger partial charge in [0, 0.05) is 33.2 Å². The minimum atomic E-state index is 0.264. The Morgan fingerprint density at radius 1 is 0.793 bits per heavy atom. The van der Waals surface area contributed by atoms with Crippen LogP contribution in [0.15, 0.2) is 73.2 Å². The van der Waals surface area contributed by atoms with Crippen molar-refractivity contribution in [1.82, 2.24) is 24.4 Å². The van der Waals surface area contributed by atoms with Crippen LogP contribution >= 0.6 is 0 Å². The molecule has 146 valence electrons. The second-order valence-corrected chi connectivity index (χ2v) is 7.48. The van der Waals surface area contributed by atoms with Crippen LogP contribution in [0.4, 0.5) is 5.95 Å². The molecule has 1 aliphatic rings. The lowest BCUT2D eigenvalue weighted by atomic mass is 9.96. The number of nitrogens with zero attached hydrogens (tertiary/aromatic N) is 6. The minimum absolute atomic E-state index is 0.264. The second-order valence-electron chi connectivity index (χ2n) is 7.48. The van der Waals surface area contributed by atoms with Gasteiger partial charge in [-0.1, -0.05) is 60.7 Å². The van der Waals surface area contributed by atoms with E-state index in [-0.39, 0.29) is 6.04 Å². The smallest absolute Gasteiger partial charge is 0.227 e. The van der Waals surface area contributed by atoms with Gasteiger partial charge in [0.15, 0.2) is 5.65 Å². The highest BCUT2D eigenvalue weighted by molar-refractivity contribution is 5.70. The largest absolute Gasteiger partial charge is 0.338 e. The third kappa shape index (κ3) is 3.47. The molecule has 0 saturated carbocycles. The maximum Gasteiger partial charge on any atom is 0.227 e. The highest BCUT2D eigenvalue weighted by atomic mass is 15.3. The Morgan fingerprint density at radius 3 is 2.03 bits per heavy atom. The summed E-state index contributed by atoms with van der Waals surface area (Å²) in [5.41, 5.74) is 4.38. The molecule has 1 saturated heterocycles. The molecule has 1 aliphatic heterocycles. The van der Waals surface area contributed by atoms with Crippen molar-refractivity contribution in [3.8, 4) is 0 Å². The molecule has 0 atom stereocenters. The van der Waals surface area contributed by atoms with Crippen molar-refractivity contribution >= 4 is 17.1 Å². The van der Waals surface area contributed by atoms with Gasteiger partial charge in [-0.05, 0) is 11.1 Å². The summed E-state index contributed by atoms with van der Waals surface area (Å²) in [5.74, 6) is 0.789. The zero-order valence-corrected chi connectivity index (χ0v) is 16.5. The quantitative estimate of drug-likeness (QED) is 0.540. The first-order valence-corrected chi connectivity index (χ1v) is 10.0. The van der Waals surface area contributed by atoms with Crippen molar-refractivity contribution in [3.05, 3.63) is 84.3 Å². The Labute approximate surface area is 170 Å². The summed E-state index contributed by atoms with van der Waals surface area (Å²) in [6, 6.07) is 21.8. The molecule has 3 heterocycles. The highest BCUT2D eigenvalue weighted by Crippen LogP contribution is 2.30. The Morgan fingerprint density at radius 2 is 1.41 bits per heavy atom. The minimum Gasteiger partial charge on any atom is -0.338 e. The van der Waals surface area contributed by atoms with Gasteiger partial charge in [0.1, 0.15) is 5.52 Å². The van der Waals surface area contributed by atoms with E-state index in [2.05, 4.69) is 80.4 Å². The summed E-state index contributed by atoms with van der Waals surface area (Å²) in [6.07, 6.45) is 3.60. The molecule has 5 rings (SSSR count). The van der Waals surface area contributed by atoms with Gasteiger partial charge in [0.05, 0.1) is 18.6 Å². The van der Waals surface area contributed by atoms with E-state index in [0.717, 1.165) is 43.3 Å². The molecule has 0 aliphatic carbocycles. The number of hydrogen-bond donors (Lipinski definition) is 0. The highest BCUT2D eigenvalue weighted by Gasteiger charge is 2.27. The average molecular weight is 384 g/mol. The molecule has 0 bridgehead atoms. The molecule has 6 nitrogen and oxygen atoms in total. The zero-order valence-electron chi connectivity index (χ0n) is 16.5. The third-order valence-electron chi connectivity index (χ3n) is 5.63. The fourth-order valence-electron chi connectivity index (χ4n) is 4.13. The first kappa shape index (κ1) is 17.8. The molecule has 2 aromatic heterocycles. The molecule has 0 N–H and O–H groups in total. The lowest BCUT2D eigenvalue weighted by Gasteiger charge is -2.39. The summed E-state index contributed by atoms with van der Waals surface area (Å²) in [4.78, 5) is 18.4. The van der Waals surface area contributed by atoms with E-state index in [1.165, 1.54) is 11.1 Å². The zero-order chi connectivity index (χ0) is 19.6. The summed E-state index contributed by atoms with van der Waals surface area (Å²) < 4.78 is 1.94. The second kappa shape index (κ2) is 7.64. The van der Waals surface area contributed by atoms with Crippen molar-refractivity contribution in [2.75, 3.05) is 31.1 Å². The molecular formula is C23H24N6. The van der Waals surface area contributed by atoms with Crippen molar-refractivity contribution < 1.29 is 0 Å². The molecular weight excluding hydrogens is 360 g/mol. The van der Waals surface area contributed by atoms with Crippen molar-refractivity contribution in [1.29, 1.82) is 0 Å². The number of aromatic nitrogens is 4. The number of fused-ring (bicyclic) bond motifs is 1. The Bertz CT molecular complexity index is 1040. The van der Waals surface area contributed by atoms with Crippen LogP contribution in [0.3, 0.4) is 0 Å². The summed E-state index contributed by atoms with van der Waals surface area (Å²) >= 11 is 0. The van der Waals surface area contributed by atoms with Crippen LogP contribution in [-0.4, -0.2) is 50.6 Å². The van der Waals surface area contributed by atoms with Crippen LogP contribution in [0.2, 0.25) is 0 Å². The number of rotatable bonds is 4. The third-order valence-corrected chi connectivity index (χ3v) is 5.63. The number of aryl methyl sites for hydroxylation is 1. The Hall–Kier alpha value is -3.25. The Balaban J connectivity index is 1.38. The lowest BCUT2D eigenvalue weighted by Crippen LogP contribution is -2.48. The van der Waals surface area contributed by atoms with Crippen LogP contribution in [0.25, 0.3) is 11.2 Å². The van der Waals surface area contributed by atoms with Crippen LogP contribution in [0.5, 0.6) is 0 Å². The fourth-order valence-corrected chi connectivity index (χ4v) is 4.13. The van der Waals surface area contributed by atoms with Gasteiger partial charge >= 0.3 is 0 Å². The van der Waals surface area contributed by atoms with Gasteiger partial charge in [0.25, 0.3) is 0 Å². The van der Waals surface area contributed by atoms with Gasteiger partial charge < -0.3 is 9.47 Å². The molecule has 1 fully saturated rings. The first-order chi connectivity index (χ1) is 14.3. The normalized spacial score (nSPS) is 15.3. The average Bonchev–Trinajstić information content (AvgIpc) is 3.16. The monoisotopic (exact) mass is 384 g/mol. The van der Waals surface area contributed by atoms with E-state index in [0.29, 0.717) is 0 Å². The SMILES string of the molecule is Cn1cnc2cnc(N3CCN(C(c4ccccc4)c4ccccc4)CC3)nc21. The van der Waals surface area contributed by atoms with Crippen LogP contribution < -0.4 is 4.90 Å². The van der Waals surface area contributed by atoms with Gasteiger partial charge in [0.2, 0.25) is 5.95 Å². The van der Waals surface area contributed by atoms with E-state index in [1.807, 2.05) is 17.8 Å². The number of anilines is 1. The lowest BCUT2D eigenvalue weighted by molar-refractivity contribution is 0.211. The van der Waals surface area contributed by atoms with Gasteiger partial charge in [-0.2, -0.15) is 4.98 Å². The van der Waals surface area contributed by atoms with Crippen LogP contribution in [0, 0.1) is 0 Å². The first-order valence-electron chi connectivity index (χ1n) is 10.0.